The molecule has 4 rings (SSSR count). The van der Waals surface area contributed by atoms with E-state index in [-0.39, 0.29) is 18.3 Å². The van der Waals surface area contributed by atoms with Gasteiger partial charge in [0.25, 0.3) is 5.91 Å². The van der Waals surface area contributed by atoms with Gasteiger partial charge in [0.1, 0.15) is 17.5 Å². The third kappa shape index (κ3) is 3.79. The highest BCUT2D eigenvalue weighted by atomic mass is 35.5. The van der Waals surface area contributed by atoms with Crippen molar-refractivity contribution in [3.8, 4) is 11.4 Å². The number of aromatic nitrogens is 4. The van der Waals surface area contributed by atoms with E-state index in [1.54, 1.807) is 23.9 Å². The second-order valence-electron chi connectivity index (χ2n) is 6.16. The second kappa shape index (κ2) is 7.98. The molecule has 2 heterocycles. The number of tetrazole rings is 1. The lowest BCUT2D eigenvalue weighted by molar-refractivity contribution is -0.128. The molecule has 9 nitrogen and oxygen atoms in total. The highest BCUT2D eigenvalue weighted by Crippen LogP contribution is 2.40. The molecule has 2 fully saturated rings. The number of anilines is 1. The summed E-state index contributed by atoms with van der Waals surface area (Å²) < 4.78 is 12.6. The number of carbonyl (C=O) groups is 1. The van der Waals surface area contributed by atoms with Crippen molar-refractivity contribution in [2.45, 2.75) is 24.9 Å². The maximum Gasteiger partial charge on any atom is 0.254 e. The summed E-state index contributed by atoms with van der Waals surface area (Å²) in [5.74, 6) is 1.67. The first-order chi connectivity index (χ1) is 12.3. The van der Waals surface area contributed by atoms with Crippen LogP contribution in [0.4, 0.5) is 5.69 Å². The van der Waals surface area contributed by atoms with Crippen molar-refractivity contribution in [1.82, 2.24) is 25.5 Å². The largest absolute Gasteiger partial charge is 0.494 e. The molecule has 2 N–H and O–H groups in total. The van der Waals surface area contributed by atoms with Crippen LogP contribution in [0.1, 0.15) is 24.6 Å². The number of benzene rings is 1. The van der Waals surface area contributed by atoms with Crippen LogP contribution in [0.3, 0.4) is 0 Å². The summed E-state index contributed by atoms with van der Waals surface area (Å²) in [6, 6.07) is 5.40. The van der Waals surface area contributed by atoms with E-state index in [1.165, 1.54) is 0 Å². The van der Waals surface area contributed by atoms with E-state index in [2.05, 4.69) is 26.2 Å². The number of morpholine rings is 1. The maximum atomic E-state index is 12.4. The molecule has 140 valence electrons. The van der Waals surface area contributed by atoms with Crippen molar-refractivity contribution >= 4 is 24.0 Å². The molecule has 0 radical (unpaired) electrons. The molecule has 0 spiro atoms. The minimum absolute atomic E-state index is 0. The zero-order valence-electron chi connectivity index (χ0n) is 14.3. The molecule has 0 bridgehead atoms. The average molecular weight is 381 g/mol. The van der Waals surface area contributed by atoms with Crippen LogP contribution in [0, 0.1) is 0 Å². The molecule has 2 aliphatic rings. The summed E-state index contributed by atoms with van der Waals surface area (Å²) in [4.78, 5) is 12.4. The molecule has 1 aliphatic carbocycles. The van der Waals surface area contributed by atoms with Gasteiger partial charge in [0.2, 0.25) is 0 Å². The van der Waals surface area contributed by atoms with Crippen molar-refractivity contribution in [2.75, 3.05) is 32.1 Å². The molecule has 1 atom stereocenters. The first-order valence-electron chi connectivity index (χ1n) is 8.36. The molecule has 1 aromatic carbocycles. The summed E-state index contributed by atoms with van der Waals surface area (Å²) in [5.41, 5.74) is 1.35. The van der Waals surface area contributed by atoms with E-state index in [0.717, 1.165) is 25.2 Å². The third-order valence-corrected chi connectivity index (χ3v) is 4.33. The SMILES string of the molecule is COc1ccc(NC(=O)C2CNCCO2)cc1-n1nnnc1C1CC1.Cl. The monoisotopic (exact) mass is 380 g/mol. The second-order valence-corrected chi connectivity index (χ2v) is 6.16. The van der Waals surface area contributed by atoms with Gasteiger partial charge in [-0.15, -0.1) is 17.5 Å². The number of methoxy groups -OCH3 is 1. The summed E-state index contributed by atoms with van der Waals surface area (Å²) in [6.45, 7) is 1.80. The van der Waals surface area contributed by atoms with Gasteiger partial charge >= 0.3 is 0 Å². The Bertz CT molecular complexity index is 773. The van der Waals surface area contributed by atoms with E-state index in [9.17, 15) is 4.79 Å². The van der Waals surface area contributed by atoms with Gasteiger partial charge in [-0.3, -0.25) is 4.79 Å². The number of amides is 1. The molecule has 1 saturated heterocycles. The van der Waals surface area contributed by atoms with Crippen molar-refractivity contribution < 1.29 is 14.3 Å². The smallest absolute Gasteiger partial charge is 0.254 e. The van der Waals surface area contributed by atoms with Gasteiger partial charge in [0.05, 0.1) is 13.7 Å². The van der Waals surface area contributed by atoms with Gasteiger partial charge < -0.3 is 20.1 Å². The van der Waals surface area contributed by atoms with Gasteiger partial charge in [-0.2, -0.15) is 4.68 Å². The highest BCUT2D eigenvalue weighted by molar-refractivity contribution is 5.94. The van der Waals surface area contributed by atoms with Crippen LogP contribution in [-0.2, 0) is 9.53 Å². The summed E-state index contributed by atoms with van der Waals surface area (Å²) in [5, 5.41) is 18.0. The molecule has 1 aliphatic heterocycles. The summed E-state index contributed by atoms with van der Waals surface area (Å²) in [6.07, 6.45) is 1.69. The zero-order valence-corrected chi connectivity index (χ0v) is 15.2. The fraction of sp³-hybridized carbons (Fsp3) is 0.500. The van der Waals surface area contributed by atoms with Crippen LogP contribution in [-0.4, -0.2) is 59.0 Å². The standard InChI is InChI=1S/C16H20N6O3.ClH/c1-24-13-5-4-11(18-16(23)14-9-17-6-7-25-14)8-12(13)22-15(10-2-3-10)19-20-21-22;/h4-5,8,10,14,17H,2-3,6-7,9H2,1H3,(H,18,23);1H. The number of ether oxygens (including phenoxy) is 2. The van der Waals surface area contributed by atoms with Crippen LogP contribution in [0.15, 0.2) is 18.2 Å². The van der Waals surface area contributed by atoms with Gasteiger partial charge in [-0.25, -0.2) is 0 Å². The predicted molar refractivity (Wildman–Crippen MR) is 96.2 cm³/mol. The van der Waals surface area contributed by atoms with Crippen LogP contribution in [0.5, 0.6) is 5.75 Å². The molecule has 2 aromatic rings. The van der Waals surface area contributed by atoms with Crippen molar-refractivity contribution in [3.05, 3.63) is 24.0 Å². The van der Waals surface area contributed by atoms with Crippen LogP contribution >= 0.6 is 12.4 Å². The number of nitrogens with one attached hydrogen (secondary N) is 2. The quantitative estimate of drug-likeness (QED) is 0.794. The summed E-state index contributed by atoms with van der Waals surface area (Å²) >= 11 is 0. The molecule has 10 heteroatoms. The molecule has 1 saturated carbocycles. The molecular weight excluding hydrogens is 360 g/mol. The Morgan fingerprint density at radius 1 is 1.42 bits per heavy atom. The third-order valence-electron chi connectivity index (χ3n) is 4.33. The van der Waals surface area contributed by atoms with Gasteiger partial charge in [0, 0.05) is 24.7 Å². The normalized spacial score (nSPS) is 19.5. The first-order valence-corrected chi connectivity index (χ1v) is 8.36. The topological polar surface area (TPSA) is 103 Å². The number of halogens is 1. The van der Waals surface area contributed by atoms with Crippen LogP contribution in [0.25, 0.3) is 5.69 Å². The number of hydrogen-bond donors (Lipinski definition) is 2. The van der Waals surface area contributed by atoms with E-state index in [4.69, 9.17) is 9.47 Å². The number of nitrogens with zero attached hydrogens (tertiary/aromatic N) is 4. The number of carbonyl (C=O) groups excluding carboxylic acids is 1. The van der Waals surface area contributed by atoms with Gasteiger partial charge in [-0.05, 0) is 41.5 Å². The van der Waals surface area contributed by atoms with E-state index < -0.39 is 6.10 Å². The van der Waals surface area contributed by atoms with Crippen molar-refractivity contribution in [3.63, 3.8) is 0 Å². The molecular formula is C16H21ClN6O3. The lowest BCUT2D eigenvalue weighted by Crippen LogP contribution is -2.45. The Hall–Kier alpha value is -2.23. The average Bonchev–Trinajstić information content (AvgIpc) is 3.39. The van der Waals surface area contributed by atoms with E-state index >= 15 is 0 Å². The lowest BCUT2D eigenvalue weighted by Gasteiger charge is -2.23. The minimum atomic E-state index is -0.491. The molecule has 26 heavy (non-hydrogen) atoms. The molecule has 1 amide bonds. The Labute approximate surface area is 156 Å². The van der Waals surface area contributed by atoms with Gasteiger partial charge in [0.15, 0.2) is 5.82 Å². The van der Waals surface area contributed by atoms with Crippen LogP contribution < -0.4 is 15.4 Å². The number of hydrogen-bond acceptors (Lipinski definition) is 7. The minimum Gasteiger partial charge on any atom is -0.494 e. The fourth-order valence-corrected chi connectivity index (χ4v) is 2.85. The van der Waals surface area contributed by atoms with E-state index in [1.807, 2.05) is 6.07 Å². The number of rotatable bonds is 5. The Balaban J connectivity index is 0.00000196. The Morgan fingerprint density at radius 3 is 2.96 bits per heavy atom. The highest BCUT2D eigenvalue weighted by Gasteiger charge is 2.31. The van der Waals surface area contributed by atoms with Crippen molar-refractivity contribution in [2.24, 2.45) is 0 Å². The summed E-state index contributed by atoms with van der Waals surface area (Å²) in [7, 11) is 1.60. The maximum absolute atomic E-state index is 12.4. The molecule has 1 unspecified atom stereocenters. The Morgan fingerprint density at radius 2 is 2.27 bits per heavy atom. The zero-order chi connectivity index (χ0) is 17.2. The molecule has 1 aromatic heterocycles. The van der Waals surface area contributed by atoms with Crippen LogP contribution in [0.2, 0.25) is 0 Å². The Kier molecular flexibility index (Phi) is 5.70. The lowest BCUT2D eigenvalue weighted by atomic mass is 10.2. The van der Waals surface area contributed by atoms with E-state index in [0.29, 0.717) is 36.2 Å². The van der Waals surface area contributed by atoms with Crippen molar-refractivity contribution in [1.29, 1.82) is 0 Å². The fourth-order valence-electron chi connectivity index (χ4n) is 2.85. The first kappa shape index (κ1) is 18.6. The predicted octanol–water partition coefficient (Wildman–Crippen LogP) is 0.897. The van der Waals surface area contributed by atoms with Gasteiger partial charge in [-0.1, -0.05) is 0 Å².